The Morgan fingerprint density at radius 1 is 1.09 bits per heavy atom. The first kappa shape index (κ1) is 26.4. The molecular weight excluding hydrogens is 462 g/mol. The highest BCUT2D eigenvalue weighted by Crippen LogP contribution is 2.21. The monoisotopic (exact) mass is 487 g/mol. The van der Waals surface area contributed by atoms with E-state index in [1.54, 1.807) is 31.4 Å². The Morgan fingerprint density at radius 3 is 2.35 bits per heavy atom. The van der Waals surface area contributed by atoms with Crippen LogP contribution in [0.4, 0.5) is 4.79 Å². The summed E-state index contributed by atoms with van der Waals surface area (Å²) in [5.41, 5.74) is 0.217. The summed E-state index contributed by atoms with van der Waals surface area (Å²) in [6.07, 6.45) is 2.29. The number of carboxylic acid groups (broad SMARTS) is 1. The Kier molecular flexibility index (Phi) is 10.1. The number of aliphatic carboxylic acids is 1. The lowest BCUT2D eigenvalue weighted by molar-refractivity contribution is -0.164. The fourth-order valence-corrected chi connectivity index (χ4v) is 3.07. The van der Waals surface area contributed by atoms with Crippen LogP contribution in [0.2, 0.25) is 0 Å². The average Bonchev–Trinajstić information content (AvgIpc) is 2.83. The molecule has 0 aliphatic carbocycles. The quantitative estimate of drug-likeness (QED) is 0.179. The van der Waals surface area contributed by atoms with Gasteiger partial charge in [-0.05, 0) is 43.0 Å². The number of carboxylic acids is 1. The van der Waals surface area contributed by atoms with Gasteiger partial charge < -0.3 is 14.6 Å². The molecule has 0 fully saturated rings. The third-order valence-corrected chi connectivity index (χ3v) is 4.96. The third kappa shape index (κ3) is 7.34. The molecule has 0 saturated heterocycles. The van der Waals surface area contributed by atoms with Crippen LogP contribution in [0.3, 0.4) is 0 Å². The molecule has 0 heterocycles. The number of Topliss-reactive ketones (excluding diaryl/α,β-unsaturated/α-hetero) is 1. The number of hydrogen-bond donors (Lipinski definition) is 3. The summed E-state index contributed by atoms with van der Waals surface area (Å²) >= 11 is 1.36. The number of nitrogens with zero attached hydrogens (tertiary/aromatic N) is 1. The minimum atomic E-state index is -2.60. The Bertz CT molecular complexity index is 1030. The van der Waals surface area contributed by atoms with E-state index in [1.807, 2.05) is 0 Å². The Balaban J connectivity index is 2.23. The number of carbonyl (C=O) groups is 4. The van der Waals surface area contributed by atoms with E-state index in [1.165, 1.54) is 54.4 Å². The van der Waals surface area contributed by atoms with Gasteiger partial charge in [-0.2, -0.15) is 16.9 Å². The van der Waals surface area contributed by atoms with Crippen molar-refractivity contribution < 1.29 is 33.8 Å². The van der Waals surface area contributed by atoms with Gasteiger partial charge >= 0.3 is 17.8 Å². The predicted molar refractivity (Wildman–Crippen MR) is 127 cm³/mol. The van der Waals surface area contributed by atoms with E-state index < -0.39 is 29.5 Å². The van der Waals surface area contributed by atoms with Gasteiger partial charge in [0.25, 0.3) is 5.91 Å². The Labute approximate surface area is 200 Å². The van der Waals surface area contributed by atoms with Gasteiger partial charge in [-0.25, -0.2) is 15.0 Å². The number of carbonyl (C=O) groups excluding carboxylic acids is 3. The summed E-state index contributed by atoms with van der Waals surface area (Å²) in [5, 5.41) is 15.9. The van der Waals surface area contributed by atoms with Gasteiger partial charge in [-0.1, -0.05) is 30.3 Å². The van der Waals surface area contributed by atoms with E-state index >= 15 is 0 Å². The van der Waals surface area contributed by atoms with Crippen molar-refractivity contribution in [3.05, 3.63) is 65.7 Å². The number of hydrogen-bond acceptors (Lipinski definition) is 8. The van der Waals surface area contributed by atoms with Crippen molar-refractivity contribution in [1.29, 1.82) is 0 Å². The fraction of sp³-hybridized carbons (Fsp3) is 0.261. The molecule has 0 saturated carbocycles. The SMILES string of the molecule is CCOC(=O)NN=Cc1ccc(C(=O)NC(Oc2ccccc2)(C(=O)O)C(=O)CCSC)cc1. The van der Waals surface area contributed by atoms with E-state index in [-0.39, 0.29) is 24.3 Å². The third-order valence-electron chi connectivity index (χ3n) is 4.35. The number of thioether (sulfide) groups is 1. The highest BCUT2D eigenvalue weighted by Gasteiger charge is 2.50. The molecule has 2 aromatic carbocycles. The van der Waals surface area contributed by atoms with Crippen molar-refractivity contribution in [1.82, 2.24) is 10.7 Å². The Hall–Kier alpha value is -3.86. The van der Waals surface area contributed by atoms with Crippen LogP contribution >= 0.6 is 11.8 Å². The zero-order valence-electron chi connectivity index (χ0n) is 18.6. The number of amides is 2. The lowest BCUT2D eigenvalue weighted by Crippen LogP contribution is -2.64. The summed E-state index contributed by atoms with van der Waals surface area (Å²) in [6.45, 7) is 1.87. The fourth-order valence-electron chi connectivity index (χ4n) is 2.68. The van der Waals surface area contributed by atoms with Crippen LogP contribution in [0, 0.1) is 0 Å². The van der Waals surface area contributed by atoms with Crippen LogP contribution in [0.15, 0.2) is 59.7 Å². The van der Waals surface area contributed by atoms with Crippen molar-refractivity contribution in [3.8, 4) is 5.75 Å². The number of hydrazone groups is 1. The maximum atomic E-state index is 12.9. The first-order valence-corrected chi connectivity index (χ1v) is 11.6. The van der Waals surface area contributed by atoms with E-state index in [0.717, 1.165) is 0 Å². The number of para-hydroxylation sites is 1. The molecular formula is C23H25N3O7S. The van der Waals surface area contributed by atoms with E-state index in [9.17, 15) is 24.3 Å². The molecule has 0 radical (unpaired) electrons. The number of rotatable bonds is 12. The molecule has 11 heteroatoms. The van der Waals surface area contributed by atoms with Crippen molar-refractivity contribution in [2.75, 3.05) is 18.6 Å². The number of nitrogens with one attached hydrogen (secondary N) is 2. The van der Waals surface area contributed by atoms with Gasteiger partial charge in [0.1, 0.15) is 5.75 Å². The summed E-state index contributed by atoms with van der Waals surface area (Å²) in [5.74, 6) is -2.77. The largest absolute Gasteiger partial charge is 0.476 e. The molecule has 180 valence electrons. The zero-order valence-corrected chi connectivity index (χ0v) is 19.5. The van der Waals surface area contributed by atoms with Crippen LogP contribution in [0.1, 0.15) is 29.3 Å². The van der Waals surface area contributed by atoms with E-state index in [2.05, 4.69) is 20.6 Å². The molecule has 1 atom stereocenters. The molecule has 1 unspecified atom stereocenters. The van der Waals surface area contributed by atoms with Crippen LogP contribution < -0.4 is 15.5 Å². The molecule has 0 bridgehead atoms. The highest BCUT2D eigenvalue weighted by molar-refractivity contribution is 7.98. The van der Waals surface area contributed by atoms with E-state index in [0.29, 0.717) is 11.3 Å². The Morgan fingerprint density at radius 2 is 1.76 bits per heavy atom. The van der Waals surface area contributed by atoms with Gasteiger partial charge in [0.2, 0.25) is 5.78 Å². The van der Waals surface area contributed by atoms with Gasteiger partial charge in [0.05, 0.1) is 12.8 Å². The van der Waals surface area contributed by atoms with Crippen molar-refractivity contribution in [2.24, 2.45) is 5.10 Å². The zero-order chi connectivity index (χ0) is 25.0. The number of benzene rings is 2. The molecule has 10 nitrogen and oxygen atoms in total. The van der Waals surface area contributed by atoms with E-state index in [4.69, 9.17) is 4.74 Å². The second kappa shape index (κ2) is 13.0. The molecule has 3 N–H and O–H groups in total. The molecule has 34 heavy (non-hydrogen) atoms. The number of ketones is 1. The van der Waals surface area contributed by atoms with Gasteiger partial charge in [-0.3, -0.25) is 14.9 Å². The standard InChI is InChI=1S/C23H25N3O7S/c1-3-32-22(31)26-24-15-16-9-11-17(12-10-16)20(28)25-23(21(29)30,19(27)13-14-34-2)33-18-7-5-4-6-8-18/h4-12,15H,3,13-14H2,1-2H3,(H,25,28)(H,26,31)(H,29,30). The summed E-state index contributed by atoms with van der Waals surface area (Å²) in [4.78, 5) is 49.3. The second-order valence-corrected chi connectivity index (χ2v) is 7.72. The highest BCUT2D eigenvalue weighted by atomic mass is 32.2. The minimum absolute atomic E-state index is 0.0930. The molecule has 0 spiro atoms. The normalized spacial score (nSPS) is 12.4. The van der Waals surface area contributed by atoms with Gasteiger partial charge in [0.15, 0.2) is 0 Å². The molecule has 0 aliphatic rings. The number of ether oxygens (including phenoxy) is 2. The summed E-state index contributed by atoms with van der Waals surface area (Å²) in [7, 11) is 0. The van der Waals surface area contributed by atoms with Gasteiger partial charge in [-0.15, -0.1) is 0 Å². The van der Waals surface area contributed by atoms with Gasteiger partial charge in [0, 0.05) is 17.7 Å². The first-order chi connectivity index (χ1) is 16.3. The van der Waals surface area contributed by atoms with Crippen LogP contribution in [0.25, 0.3) is 0 Å². The molecule has 0 aromatic heterocycles. The molecule has 0 aliphatic heterocycles. The first-order valence-electron chi connectivity index (χ1n) is 10.2. The van der Waals surface area contributed by atoms with Crippen LogP contribution in [0.5, 0.6) is 5.75 Å². The lowest BCUT2D eigenvalue weighted by atomic mass is 10.0. The van der Waals surface area contributed by atoms with Crippen LogP contribution in [-0.4, -0.2) is 59.4 Å². The maximum Gasteiger partial charge on any atom is 0.427 e. The lowest BCUT2D eigenvalue weighted by Gasteiger charge is -2.29. The van der Waals surface area contributed by atoms with Crippen molar-refractivity contribution in [2.45, 2.75) is 19.1 Å². The average molecular weight is 488 g/mol. The van der Waals surface area contributed by atoms with Crippen molar-refractivity contribution >= 4 is 41.7 Å². The molecule has 2 amide bonds. The van der Waals surface area contributed by atoms with Crippen molar-refractivity contribution in [3.63, 3.8) is 0 Å². The molecule has 2 rings (SSSR count). The predicted octanol–water partition coefficient (Wildman–Crippen LogP) is 2.68. The maximum absolute atomic E-state index is 12.9. The summed E-state index contributed by atoms with van der Waals surface area (Å²) < 4.78 is 10.2. The molecule has 2 aromatic rings. The smallest absolute Gasteiger partial charge is 0.427 e. The topological polar surface area (TPSA) is 143 Å². The summed E-state index contributed by atoms with van der Waals surface area (Å²) in [6, 6.07) is 13.8. The minimum Gasteiger partial charge on any atom is -0.476 e. The second-order valence-electron chi connectivity index (χ2n) is 6.73. The van der Waals surface area contributed by atoms with Crippen LogP contribution in [-0.2, 0) is 14.3 Å².